The van der Waals surface area contributed by atoms with Crippen LogP contribution in [0.15, 0.2) is 58.8 Å². The molecule has 0 spiro atoms. The summed E-state index contributed by atoms with van der Waals surface area (Å²) in [7, 11) is 0. The van der Waals surface area contributed by atoms with Crippen molar-refractivity contribution < 1.29 is 4.79 Å². The number of hydrogen-bond acceptors (Lipinski definition) is 5. The quantitative estimate of drug-likeness (QED) is 0.675. The average Bonchev–Trinajstić information content (AvgIpc) is 3.09. The number of carbonyl (C=O) groups excluding carboxylic acids is 1. The van der Waals surface area contributed by atoms with Crippen molar-refractivity contribution in [2.24, 2.45) is 0 Å². The summed E-state index contributed by atoms with van der Waals surface area (Å²) in [4.78, 5) is 13.0. The summed E-state index contributed by atoms with van der Waals surface area (Å²) in [5.74, 6) is 0.298. The highest BCUT2D eigenvalue weighted by molar-refractivity contribution is 8.00. The van der Waals surface area contributed by atoms with E-state index in [0.29, 0.717) is 10.8 Å². The van der Waals surface area contributed by atoms with Crippen molar-refractivity contribution in [1.82, 2.24) is 9.59 Å². The SMILES string of the molecule is O=C(CSc1ccc(Cl)cc1)Nc1ccc(-c2csnn2)cc1. The van der Waals surface area contributed by atoms with E-state index in [2.05, 4.69) is 14.9 Å². The van der Waals surface area contributed by atoms with E-state index in [4.69, 9.17) is 11.6 Å². The van der Waals surface area contributed by atoms with E-state index in [1.165, 1.54) is 23.3 Å². The highest BCUT2D eigenvalue weighted by Crippen LogP contribution is 2.22. The van der Waals surface area contributed by atoms with Gasteiger partial charge in [-0.2, -0.15) is 0 Å². The minimum Gasteiger partial charge on any atom is -0.325 e. The first-order chi connectivity index (χ1) is 11.2. The van der Waals surface area contributed by atoms with E-state index in [9.17, 15) is 4.79 Å². The van der Waals surface area contributed by atoms with Gasteiger partial charge in [-0.25, -0.2) is 0 Å². The van der Waals surface area contributed by atoms with Crippen LogP contribution in [0.25, 0.3) is 11.3 Å². The third kappa shape index (κ3) is 4.54. The van der Waals surface area contributed by atoms with E-state index >= 15 is 0 Å². The van der Waals surface area contributed by atoms with Crippen molar-refractivity contribution in [2.75, 3.05) is 11.1 Å². The van der Waals surface area contributed by atoms with Gasteiger partial charge in [0.15, 0.2) is 0 Å². The van der Waals surface area contributed by atoms with Gasteiger partial charge in [-0.1, -0.05) is 28.2 Å². The molecule has 7 heteroatoms. The van der Waals surface area contributed by atoms with Crippen LogP contribution in [-0.2, 0) is 4.79 Å². The van der Waals surface area contributed by atoms with E-state index in [1.54, 1.807) is 0 Å². The Labute approximate surface area is 147 Å². The molecule has 4 nitrogen and oxygen atoms in total. The van der Waals surface area contributed by atoms with Crippen molar-refractivity contribution in [3.63, 3.8) is 0 Å². The molecule has 3 aromatic rings. The molecule has 0 radical (unpaired) electrons. The summed E-state index contributed by atoms with van der Waals surface area (Å²) in [6, 6.07) is 15.0. The second-order valence-corrected chi connectivity index (χ2v) is 6.75. The van der Waals surface area contributed by atoms with Crippen molar-refractivity contribution in [3.05, 3.63) is 58.9 Å². The smallest absolute Gasteiger partial charge is 0.234 e. The summed E-state index contributed by atoms with van der Waals surface area (Å²) >= 11 is 8.62. The Bertz CT molecular complexity index is 774. The van der Waals surface area contributed by atoms with Gasteiger partial charge >= 0.3 is 0 Å². The molecule has 1 heterocycles. The van der Waals surface area contributed by atoms with Crippen molar-refractivity contribution >= 4 is 46.5 Å². The Hall–Kier alpha value is -1.89. The van der Waals surface area contributed by atoms with Gasteiger partial charge < -0.3 is 5.32 Å². The lowest BCUT2D eigenvalue weighted by molar-refractivity contribution is -0.113. The molecule has 1 N–H and O–H groups in total. The maximum Gasteiger partial charge on any atom is 0.234 e. The maximum atomic E-state index is 12.0. The van der Waals surface area contributed by atoms with Crippen molar-refractivity contribution in [2.45, 2.75) is 4.90 Å². The summed E-state index contributed by atoms with van der Waals surface area (Å²) in [5, 5.41) is 9.47. The lowest BCUT2D eigenvalue weighted by Crippen LogP contribution is -2.13. The number of carbonyl (C=O) groups is 1. The van der Waals surface area contributed by atoms with Crippen LogP contribution in [0.2, 0.25) is 5.02 Å². The third-order valence-corrected chi connectivity index (χ3v) is 4.78. The Morgan fingerprint density at radius 3 is 2.52 bits per heavy atom. The number of nitrogens with zero attached hydrogens (tertiary/aromatic N) is 2. The molecule has 0 fully saturated rings. The van der Waals surface area contributed by atoms with Crippen LogP contribution in [0.4, 0.5) is 5.69 Å². The minimum absolute atomic E-state index is 0.0481. The Kier molecular flexibility index (Phi) is 5.27. The first-order valence-corrected chi connectivity index (χ1v) is 8.96. The number of amides is 1. The monoisotopic (exact) mass is 361 g/mol. The van der Waals surface area contributed by atoms with E-state index < -0.39 is 0 Å². The van der Waals surface area contributed by atoms with Gasteiger partial charge in [0.25, 0.3) is 0 Å². The zero-order valence-corrected chi connectivity index (χ0v) is 14.3. The molecule has 116 valence electrons. The summed E-state index contributed by atoms with van der Waals surface area (Å²) in [5.41, 5.74) is 2.58. The second kappa shape index (κ2) is 7.59. The lowest BCUT2D eigenvalue weighted by Gasteiger charge is -2.06. The molecule has 0 saturated heterocycles. The number of nitrogens with one attached hydrogen (secondary N) is 1. The number of aromatic nitrogens is 2. The predicted octanol–water partition coefficient (Wildman–Crippen LogP) is 4.59. The number of anilines is 1. The second-order valence-electron chi connectivity index (χ2n) is 4.66. The lowest BCUT2D eigenvalue weighted by atomic mass is 10.1. The molecular weight excluding hydrogens is 350 g/mol. The van der Waals surface area contributed by atoms with Crippen LogP contribution in [0.3, 0.4) is 0 Å². The zero-order valence-electron chi connectivity index (χ0n) is 11.9. The van der Waals surface area contributed by atoms with Crippen LogP contribution < -0.4 is 5.32 Å². The minimum atomic E-state index is -0.0481. The van der Waals surface area contributed by atoms with Gasteiger partial charge in [0.2, 0.25) is 5.91 Å². The standard InChI is InChI=1S/C16H12ClN3OS2/c17-12-3-7-14(8-4-12)22-10-16(21)18-13-5-1-11(2-6-13)15-9-23-20-19-15/h1-9H,10H2,(H,18,21). The first kappa shape index (κ1) is 16.0. The molecule has 0 bridgehead atoms. The first-order valence-electron chi connectivity index (χ1n) is 6.76. The molecule has 1 aromatic heterocycles. The van der Waals surface area contributed by atoms with E-state index in [-0.39, 0.29) is 5.91 Å². The number of halogens is 1. The van der Waals surface area contributed by atoms with E-state index in [0.717, 1.165) is 21.8 Å². The number of benzene rings is 2. The Morgan fingerprint density at radius 1 is 1.13 bits per heavy atom. The fourth-order valence-corrected chi connectivity index (χ4v) is 3.18. The van der Waals surface area contributed by atoms with Gasteiger partial charge in [0, 0.05) is 26.5 Å². The molecule has 1 amide bonds. The highest BCUT2D eigenvalue weighted by atomic mass is 35.5. The molecular formula is C16H12ClN3OS2. The molecule has 2 aromatic carbocycles. The maximum absolute atomic E-state index is 12.0. The molecule has 3 rings (SSSR count). The van der Waals surface area contributed by atoms with Crippen LogP contribution in [-0.4, -0.2) is 21.2 Å². The van der Waals surface area contributed by atoms with Crippen molar-refractivity contribution in [3.8, 4) is 11.3 Å². The van der Waals surface area contributed by atoms with Crippen LogP contribution in [0, 0.1) is 0 Å². The largest absolute Gasteiger partial charge is 0.325 e. The fourth-order valence-electron chi connectivity index (χ4n) is 1.89. The average molecular weight is 362 g/mol. The van der Waals surface area contributed by atoms with Crippen LogP contribution >= 0.6 is 34.9 Å². The number of rotatable bonds is 5. The molecule has 0 unspecified atom stereocenters. The predicted molar refractivity (Wildman–Crippen MR) is 96.2 cm³/mol. The Balaban J connectivity index is 1.54. The normalized spacial score (nSPS) is 10.5. The summed E-state index contributed by atoms with van der Waals surface area (Å²) in [6.45, 7) is 0. The highest BCUT2D eigenvalue weighted by Gasteiger charge is 2.05. The zero-order chi connectivity index (χ0) is 16.1. The van der Waals surface area contributed by atoms with Gasteiger partial charge in [-0.05, 0) is 47.9 Å². The molecule has 0 aliphatic rings. The Morgan fingerprint density at radius 2 is 1.87 bits per heavy atom. The molecule has 0 aliphatic carbocycles. The van der Waals surface area contributed by atoms with Crippen LogP contribution in [0.5, 0.6) is 0 Å². The number of hydrogen-bond donors (Lipinski definition) is 1. The number of thioether (sulfide) groups is 1. The van der Waals surface area contributed by atoms with E-state index in [1.807, 2.05) is 53.9 Å². The van der Waals surface area contributed by atoms with Crippen LogP contribution in [0.1, 0.15) is 0 Å². The topological polar surface area (TPSA) is 54.9 Å². The molecule has 0 aliphatic heterocycles. The summed E-state index contributed by atoms with van der Waals surface area (Å²) < 4.78 is 3.84. The van der Waals surface area contributed by atoms with Gasteiger partial charge in [-0.3, -0.25) is 4.79 Å². The van der Waals surface area contributed by atoms with Gasteiger partial charge in [0.1, 0.15) is 5.69 Å². The molecule has 0 atom stereocenters. The fraction of sp³-hybridized carbons (Fsp3) is 0.0625. The third-order valence-electron chi connectivity index (χ3n) is 3.01. The summed E-state index contributed by atoms with van der Waals surface area (Å²) in [6.07, 6.45) is 0. The van der Waals surface area contributed by atoms with Gasteiger partial charge in [0.05, 0.1) is 5.75 Å². The molecule has 23 heavy (non-hydrogen) atoms. The van der Waals surface area contributed by atoms with Gasteiger partial charge in [-0.15, -0.1) is 16.9 Å². The molecule has 0 saturated carbocycles. The van der Waals surface area contributed by atoms with Crippen molar-refractivity contribution in [1.29, 1.82) is 0 Å².